The first kappa shape index (κ1) is 25.6. The molecule has 190 valence electrons. The van der Waals surface area contributed by atoms with Gasteiger partial charge >= 0.3 is 5.97 Å². The molecular weight excluding hydrogens is 460 g/mol. The van der Waals surface area contributed by atoms with E-state index in [2.05, 4.69) is 0 Å². The van der Waals surface area contributed by atoms with Crippen LogP contribution in [-0.4, -0.2) is 37.2 Å². The lowest BCUT2D eigenvalue weighted by Gasteiger charge is -2.36. The van der Waals surface area contributed by atoms with E-state index in [1.807, 2.05) is 65.6 Å². The molecule has 1 fully saturated rings. The Kier molecular flexibility index (Phi) is 7.89. The third-order valence-corrected chi connectivity index (χ3v) is 6.19. The lowest BCUT2D eigenvalue weighted by Crippen LogP contribution is -2.48. The van der Waals surface area contributed by atoms with E-state index in [0.717, 1.165) is 11.1 Å². The Hall–Kier alpha value is -3.45. The highest BCUT2D eigenvalue weighted by Gasteiger charge is 2.29. The van der Waals surface area contributed by atoms with Crippen LogP contribution < -0.4 is 9.80 Å². The average Bonchev–Trinajstić information content (AvgIpc) is 2.86. The van der Waals surface area contributed by atoms with Gasteiger partial charge in [0.25, 0.3) is 0 Å². The van der Waals surface area contributed by atoms with Crippen molar-refractivity contribution < 1.29 is 18.4 Å². The van der Waals surface area contributed by atoms with Gasteiger partial charge in [0.15, 0.2) is 0 Å². The number of hydrogen-bond acceptors (Lipinski definition) is 5. The summed E-state index contributed by atoms with van der Waals surface area (Å²) in [5.41, 5.74) is 1.86. The second-order valence-corrected chi connectivity index (χ2v) is 10.1. The van der Waals surface area contributed by atoms with Crippen molar-refractivity contribution in [3.63, 3.8) is 0 Å². The molecule has 3 aromatic carbocycles. The Balaban J connectivity index is 1.52. The average molecular weight is 494 g/mol. The number of anilines is 2. The van der Waals surface area contributed by atoms with Crippen LogP contribution in [0.15, 0.2) is 72.8 Å². The Labute approximate surface area is 211 Å². The molecule has 1 aliphatic heterocycles. The van der Waals surface area contributed by atoms with Crippen LogP contribution in [0.4, 0.5) is 20.2 Å². The zero-order valence-electron chi connectivity index (χ0n) is 21.1. The minimum atomic E-state index is -0.604. The Morgan fingerprint density at radius 2 is 1.36 bits per heavy atom. The lowest BCUT2D eigenvalue weighted by molar-refractivity contribution is -0.201. The Morgan fingerprint density at radius 1 is 0.833 bits per heavy atom. The van der Waals surface area contributed by atoms with Crippen molar-refractivity contribution in [3.05, 3.63) is 95.6 Å². The van der Waals surface area contributed by atoms with E-state index in [4.69, 9.17) is 4.84 Å². The number of carbonyl (C=O) groups is 1. The molecule has 0 saturated carbocycles. The van der Waals surface area contributed by atoms with E-state index in [1.54, 1.807) is 30.7 Å². The number of halogens is 2. The van der Waals surface area contributed by atoms with Gasteiger partial charge in [-0.2, -0.15) is 0 Å². The summed E-state index contributed by atoms with van der Waals surface area (Å²) in [6.07, 6.45) is 0. The van der Waals surface area contributed by atoms with Crippen molar-refractivity contribution >= 4 is 17.3 Å². The first-order chi connectivity index (χ1) is 17.2. The van der Waals surface area contributed by atoms with Gasteiger partial charge in [0, 0.05) is 38.3 Å². The van der Waals surface area contributed by atoms with Crippen molar-refractivity contribution in [3.8, 4) is 0 Å². The van der Waals surface area contributed by atoms with Crippen molar-refractivity contribution in [2.45, 2.75) is 33.9 Å². The molecule has 0 aromatic heterocycles. The monoisotopic (exact) mass is 493 g/mol. The second kappa shape index (κ2) is 11.1. The molecule has 5 nitrogen and oxygen atoms in total. The van der Waals surface area contributed by atoms with Gasteiger partial charge in [-0.25, -0.2) is 13.6 Å². The summed E-state index contributed by atoms with van der Waals surface area (Å²) < 4.78 is 30.9. The summed E-state index contributed by atoms with van der Waals surface area (Å²) >= 11 is 0. The van der Waals surface area contributed by atoms with E-state index in [1.165, 1.54) is 12.1 Å². The summed E-state index contributed by atoms with van der Waals surface area (Å²) in [6.45, 7) is 7.96. The molecule has 0 bridgehead atoms. The van der Waals surface area contributed by atoms with Crippen molar-refractivity contribution in [1.82, 2.24) is 5.06 Å². The predicted molar refractivity (Wildman–Crippen MR) is 138 cm³/mol. The fourth-order valence-corrected chi connectivity index (χ4v) is 4.12. The zero-order chi connectivity index (χ0) is 25.7. The molecule has 36 heavy (non-hydrogen) atoms. The number of hydroxylamine groups is 2. The van der Waals surface area contributed by atoms with Gasteiger partial charge in [-0.05, 0) is 31.9 Å². The van der Waals surface area contributed by atoms with Crippen LogP contribution >= 0.6 is 0 Å². The van der Waals surface area contributed by atoms with Crippen LogP contribution in [-0.2, 0) is 22.7 Å². The van der Waals surface area contributed by atoms with Crippen LogP contribution in [0.2, 0.25) is 0 Å². The molecule has 0 N–H and O–H groups in total. The molecule has 1 saturated heterocycles. The van der Waals surface area contributed by atoms with Crippen LogP contribution in [0.25, 0.3) is 0 Å². The van der Waals surface area contributed by atoms with Gasteiger partial charge < -0.3 is 14.6 Å². The zero-order valence-corrected chi connectivity index (χ0v) is 21.1. The van der Waals surface area contributed by atoms with Crippen molar-refractivity contribution in [1.29, 1.82) is 0 Å². The SMILES string of the molecule is CC(C)(C)C(=O)ON1CCN(c2cc(F)c(N(Cc3ccccc3)Cc3ccccc3)cc2F)CC1. The molecule has 3 aromatic rings. The normalized spacial score (nSPS) is 14.5. The highest BCUT2D eigenvalue weighted by atomic mass is 19.1. The number of rotatable bonds is 7. The van der Waals surface area contributed by atoms with E-state index >= 15 is 8.78 Å². The topological polar surface area (TPSA) is 36.0 Å². The molecule has 7 heteroatoms. The molecule has 1 heterocycles. The van der Waals surface area contributed by atoms with E-state index in [9.17, 15) is 4.79 Å². The van der Waals surface area contributed by atoms with Gasteiger partial charge in [0.05, 0.1) is 29.9 Å². The minimum Gasteiger partial charge on any atom is -0.367 e. The van der Waals surface area contributed by atoms with Gasteiger partial charge in [0.2, 0.25) is 0 Å². The third-order valence-electron chi connectivity index (χ3n) is 6.19. The first-order valence-corrected chi connectivity index (χ1v) is 12.2. The fraction of sp³-hybridized carbons (Fsp3) is 0.345. The maximum atomic E-state index is 15.5. The number of benzene rings is 3. The molecule has 0 spiro atoms. The van der Waals surface area contributed by atoms with E-state index in [-0.39, 0.29) is 17.3 Å². The maximum absolute atomic E-state index is 15.5. The minimum absolute atomic E-state index is 0.220. The largest absolute Gasteiger partial charge is 0.367 e. The van der Waals surface area contributed by atoms with Crippen LogP contribution in [0.5, 0.6) is 0 Å². The van der Waals surface area contributed by atoms with Crippen molar-refractivity contribution in [2.24, 2.45) is 5.41 Å². The van der Waals surface area contributed by atoms with Crippen LogP contribution in [0.1, 0.15) is 31.9 Å². The molecule has 0 atom stereocenters. The molecule has 0 unspecified atom stereocenters. The molecule has 4 rings (SSSR count). The van der Waals surface area contributed by atoms with Gasteiger partial charge in [0.1, 0.15) is 11.6 Å². The number of nitrogens with zero attached hydrogens (tertiary/aromatic N) is 3. The predicted octanol–water partition coefficient (Wildman–Crippen LogP) is 5.80. The summed E-state index contributed by atoms with van der Waals surface area (Å²) in [6, 6.07) is 22.1. The summed E-state index contributed by atoms with van der Waals surface area (Å²) in [7, 11) is 0. The maximum Gasteiger partial charge on any atom is 0.330 e. The highest BCUT2D eigenvalue weighted by Crippen LogP contribution is 2.31. The fourth-order valence-electron chi connectivity index (χ4n) is 4.12. The summed E-state index contributed by atoms with van der Waals surface area (Å²) in [5, 5.41) is 1.59. The molecule has 0 radical (unpaired) electrons. The summed E-state index contributed by atoms with van der Waals surface area (Å²) in [4.78, 5) is 21.3. The molecule has 0 amide bonds. The Morgan fingerprint density at radius 3 is 1.86 bits per heavy atom. The summed E-state index contributed by atoms with van der Waals surface area (Å²) in [5.74, 6) is -1.26. The lowest BCUT2D eigenvalue weighted by atomic mass is 9.98. The van der Waals surface area contributed by atoms with Gasteiger partial charge in [-0.1, -0.05) is 60.7 Å². The van der Waals surface area contributed by atoms with E-state index < -0.39 is 17.0 Å². The van der Waals surface area contributed by atoms with Gasteiger partial charge in [-0.3, -0.25) is 0 Å². The van der Waals surface area contributed by atoms with Crippen LogP contribution in [0.3, 0.4) is 0 Å². The number of hydrogen-bond donors (Lipinski definition) is 0. The first-order valence-electron chi connectivity index (χ1n) is 12.2. The molecule has 1 aliphatic rings. The van der Waals surface area contributed by atoms with E-state index in [0.29, 0.717) is 39.3 Å². The number of carbonyl (C=O) groups excluding carboxylic acids is 1. The second-order valence-electron chi connectivity index (χ2n) is 10.1. The smallest absolute Gasteiger partial charge is 0.330 e. The van der Waals surface area contributed by atoms with Gasteiger partial charge in [-0.15, -0.1) is 5.06 Å². The highest BCUT2D eigenvalue weighted by molar-refractivity contribution is 5.75. The van der Waals surface area contributed by atoms with Crippen molar-refractivity contribution in [2.75, 3.05) is 36.0 Å². The quantitative estimate of drug-likeness (QED) is 0.416. The Bertz CT molecular complexity index is 1120. The molecule has 0 aliphatic carbocycles. The number of piperazine rings is 1. The standard InChI is InChI=1S/C29H33F2N3O2/c1-29(2,3)28(35)36-34-16-14-32(15-17-34)26-18-25(31)27(19-24(26)30)33(20-22-10-6-4-7-11-22)21-23-12-8-5-9-13-23/h4-13,18-19H,14-17,20-21H2,1-3H3. The van der Waals surface area contributed by atoms with Crippen LogP contribution in [0, 0.1) is 17.0 Å². The molecular formula is C29H33F2N3O2. The third kappa shape index (κ3) is 6.40.